The number of halogens is 1. The second kappa shape index (κ2) is 5.20. The fourth-order valence-electron chi connectivity index (χ4n) is 1.95. The SMILES string of the molecule is C[C@@H](O)c1cc(F)ccc1OCc1nc(C2CC2)no1. The topological polar surface area (TPSA) is 68.4 Å². The molecular weight excluding hydrogens is 263 g/mol. The average molecular weight is 278 g/mol. The maximum atomic E-state index is 13.2. The van der Waals surface area contributed by atoms with E-state index in [-0.39, 0.29) is 6.61 Å². The largest absolute Gasteiger partial charge is 0.483 e. The Balaban J connectivity index is 1.70. The average Bonchev–Trinajstić information content (AvgIpc) is 3.17. The summed E-state index contributed by atoms with van der Waals surface area (Å²) in [5, 5.41) is 13.5. The zero-order valence-electron chi connectivity index (χ0n) is 11.0. The number of ether oxygens (including phenoxy) is 1. The molecule has 6 heteroatoms. The Hall–Kier alpha value is -1.95. The molecule has 0 radical (unpaired) electrons. The summed E-state index contributed by atoms with van der Waals surface area (Å²) in [7, 11) is 0. The van der Waals surface area contributed by atoms with Gasteiger partial charge in [-0.25, -0.2) is 4.39 Å². The van der Waals surface area contributed by atoms with Crippen molar-refractivity contribution in [2.24, 2.45) is 0 Å². The number of aliphatic hydroxyl groups is 1. The van der Waals surface area contributed by atoms with Crippen molar-refractivity contribution >= 4 is 0 Å². The molecule has 1 fully saturated rings. The quantitative estimate of drug-likeness (QED) is 0.910. The summed E-state index contributed by atoms with van der Waals surface area (Å²) in [6.45, 7) is 1.66. The molecule has 0 amide bonds. The summed E-state index contributed by atoms with van der Waals surface area (Å²) in [4.78, 5) is 4.24. The molecule has 0 spiro atoms. The Labute approximate surface area is 115 Å². The number of rotatable bonds is 5. The number of benzene rings is 1. The van der Waals surface area contributed by atoms with Gasteiger partial charge in [-0.3, -0.25) is 0 Å². The van der Waals surface area contributed by atoms with Gasteiger partial charge in [0.2, 0.25) is 0 Å². The fraction of sp³-hybridized carbons (Fsp3) is 0.429. The Morgan fingerprint density at radius 1 is 1.50 bits per heavy atom. The van der Waals surface area contributed by atoms with Gasteiger partial charge < -0.3 is 14.4 Å². The van der Waals surface area contributed by atoms with Gasteiger partial charge in [-0.15, -0.1) is 0 Å². The molecule has 106 valence electrons. The first-order valence-corrected chi connectivity index (χ1v) is 6.56. The molecule has 0 saturated heterocycles. The van der Waals surface area contributed by atoms with E-state index >= 15 is 0 Å². The third-order valence-electron chi connectivity index (χ3n) is 3.20. The zero-order valence-corrected chi connectivity index (χ0v) is 11.0. The Morgan fingerprint density at radius 3 is 3.00 bits per heavy atom. The van der Waals surface area contributed by atoms with Crippen molar-refractivity contribution < 1.29 is 18.8 Å². The van der Waals surface area contributed by atoms with Crippen LogP contribution in [0, 0.1) is 5.82 Å². The molecular formula is C14H15FN2O3. The maximum Gasteiger partial charge on any atom is 0.264 e. The van der Waals surface area contributed by atoms with Crippen LogP contribution in [-0.4, -0.2) is 15.2 Å². The predicted octanol–water partition coefficient (Wildman–Crippen LogP) is 2.72. The summed E-state index contributed by atoms with van der Waals surface area (Å²) in [6.07, 6.45) is 1.39. The molecule has 1 aromatic heterocycles. The highest BCUT2D eigenvalue weighted by molar-refractivity contribution is 5.35. The van der Waals surface area contributed by atoms with Crippen LogP contribution in [0.3, 0.4) is 0 Å². The molecule has 1 heterocycles. The van der Waals surface area contributed by atoms with E-state index in [0.717, 1.165) is 18.7 Å². The van der Waals surface area contributed by atoms with E-state index in [1.54, 1.807) is 6.92 Å². The van der Waals surface area contributed by atoms with Crippen LogP contribution < -0.4 is 4.74 Å². The van der Waals surface area contributed by atoms with Crippen LogP contribution >= 0.6 is 0 Å². The van der Waals surface area contributed by atoms with Crippen molar-refractivity contribution in [3.05, 3.63) is 41.3 Å². The van der Waals surface area contributed by atoms with Gasteiger partial charge in [-0.05, 0) is 38.0 Å². The lowest BCUT2D eigenvalue weighted by molar-refractivity contribution is 0.184. The van der Waals surface area contributed by atoms with Crippen molar-refractivity contribution in [1.82, 2.24) is 10.1 Å². The third kappa shape index (κ3) is 2.80. The van der Waals surface area contributed by atoms with E-state index in [0.29, 0.717) is 23.1 Å². The van der Waals surface area contributed by atoms with Gasteiger partial charge in [0.1, 0.15) is 11.6 Å². The molecule has 1 atom stereocenters. The molecule has 1 aromatic carbocycles. The molecule has 1 aliphatic carbocycles. The van der Waals surface area contributed by atoms with Crippen molar-refractivity contribution in [3.8, 4) is 5.75 Å². The molecule has 0 unspecified atom stereocenters. The van der Waals surface area contributed by atoms with Crippen LogP contribution in [0.2, 0.25) is 0 Å². The molecule has 0 aliphatic heterocycles. The monoisotopic (exact) mass is 278 g/mol. The third-order valence-corrected chi connectivity index (χ3v) is 3.20. The van der Waals surface area contributed by atoms with Gasteiger partial charge in [0, 0.05) is 11.5 Å². The Morgan fingerprint density at radius 2 is 2.30 bits per heavy atom. The standard InChI is InChI=1S/C14H15FN2O3/c1-8(18)11-6-10(15)4-5-12(11)19-7-13-16-14(17-20-13)9-2-3-9/h4-6,8-9,18H,2-3,7H2,1H3/t8-/m1/s1. The maximum absolute atomic E-state index is 13.2. The lowest BCUT2D eigenvalue weighted by Gasteiger charge is -2.12. The fourth-order valence-corrected chi connectivity index (χ4v) is 1.95. The molecule has 3 rings (SSSR count). The van der Waals surface area contributed by atoms with E-state index in [1.807, 2.05) is 0 Å². The van der Waals surface area contributed by atoms with E-state index in [9.17, 15) is 9.50 Å². The Bertz CT molecular complexity index is 608. The van der Waals surface area contributed by atoms with Crippen molar-refractivity contribution in [3.63, 3.8) is 0 Å². The van der Waals surface area contributed by atoms with Crippen LogP contribution in [0.1, 0.15) is 49.1 Å². The first-order chi connectivity index (χ1) is 9.63. The molecule has 20 heavy (non-hydrogen) atoms. The molecule has 2 aromatic rings. The Kier molecular flexibility index (Phi) is 3.40. The van der Waals surface area contributed by atoms with E-state index in [1.165, 1.54) is 18.2 Å². The molecule has 1 N–H and O–H groups in total. The number of nitrogens with zero attached hydrogens (tertiary/aromatic N) is 2. The van der Waals surface area contributed by atoms with Crippen LogP contribution in [0.15, 0.2) is 22.7 Å². The highest BCUT2D eigenvalue weighted by Crippen LogP contribution is 2.38. The molecule has 0 bridgehead atoms. The second-order valence-electron chi connectivity index (χ2n) is 4.97. The molecule has 1 saturated carbocycles. The molecule has 1 aliphatic rings. The lowest BCUT2D eigenvalue weighted by atomic mass is 10.1. The van der Waals surface area contributed by atoms with Crippen LogP contribution in [0.5, 0.6) is 5.75 Å². The first kappa shape index (κ1) is 13.1. The second-order valence-corrected chi connectivity index (χ2v) is 4.97. The smallest absolute Gasteiger partial charge is 0.264 e. The van der Waals surface area contributed by atoms with E-state index in [4.69, 9.17) is 9.26 Å². The van der Waals surface area contributed by atoms with Crippen molar-refractivity contribution in [2.45, 2.75) is 38.4 Å². The van der Waals surface area contributed by atoms with Crippen LogP contribution in [0.4, 0.5) is 4.39 Å². The normalized spacial score (nSPS) is 16.1. The van der Waals surface area contributed by atoms with Crippen LogP contribution in [0.25, 0.3) is 0 Å². The van der Waals surface area contributed by atoms with Gasteiger partial charge in [0.25, 0.3) is 5.89 Å². The van der Waals surface area contributed by atoms with Gasteiger partial charge in [-0.1, -0.05) is 5.16 Å². The minimum atomic E-state index is -0.814. The lowest BCUT2D eigenvalue weighted by Crippen LogP contribution is -2.02. The molecule has 5 nitrogen and oxygen atoms in total. The van der Waals surface area contributed by atoms with Gasteiger partial charge in [0.15, 0.2) is 12.4 Å². The highest BCUT2D eigenvalue weighted by Gasteiger charge is 2.28. The van der Waals surface area contributed by atoms with Crippen molar-refractivity contribution in [1.29, 1.82) is 0 Å². The summed E-state index contributed by atoms with van der Waals surface area (Å²) in [5.74, 6) is 1.52. The van der Waals surface area contributed by atoms with Gasteiger partial charge in [0.05, 0.1) is 6.10 Å². The van der Waals surface area contributed by atoms with E-state index in [2.05, 4.69) is 10.1 Å². The van der Waals surface area contributed by atoms with Gasteiger partial charge >= 0.3 is 0 Å². The minimum Gasteiger partial charge on any atom is -0.483 e. The zero-order chi connectivity index (χ0) is 14.1. The van der Waals surface area contributed by atoms with Crippen LogP contribution in [-0.2, 0) is 6.61 Å². The summed E-state index contributed by atoms with van der Waals surface area (Å²) >= 11 is 0. The summed E-state index contributed by atoms with van der Waals surface area (Å²) < 4.78 is 23.8. The summed E-state index contributed by atoms with van der Waals surface area (Å²) in [6, 6.07) is 4.02. The number of hydrogen-bond donors (Lipinski definition) is 1. The number of aromatic nitrogens is 2. The number of hydrogen-bond acceptors (Lipinski definition) is 5. The highest BCUT2D eigenvalue weighted by atomic mass is 19.1. The van der Waals surface area contributed by atoms with Crippen molar-refractivity contribution in [2.75, 3.05) is 0 Å². The van der Waals surface area contributed by atoms with E-state index < -0.39 is 11.9 Å². The predicted molar refractivity (Wildman–Crippen MR) is 67.6 cm³/mol. The first-order valence-electron chi connectivity index (χ1n) is 6.56. The number of aliphatic hydroxyl groups excluding tert-OH is 1. The minimum absolute atomic E-state index is 0.102. The summed E-state index contributed by atoms with van der Waals surface area (Å²) in [5.41, 5.74) is 0.395. The van der Waals surface area contributed by atoms with Gasteiger partial charge in [-0.2, -0.15) is 4.98 Å².